The Labute approximate surface area is 126 Å². The van der Waals surface area contributed by atoms with Gasteiger partial charge in [-0.15, -0.1) is 0 Å². The Morgan fingerprint density at radius 2 is 1.76 bits per heavy atom. The molecule has 2 atom stereocenters. The first-order chi connectivity index (χ1) is 10.0. The van der Waals surface area contributed by atoms with Crippen molar-refractivity contribution in [2.24, 2.45) is 11.8 Å². The average Bonchev–Trinajstić information content (AvgIpc) is 2.45. The zero-order valence-corrected chi connectivity index (χ0v) is 13.0. The molecule has 2 aliphatic rings. The number of hydrogen-bond donors (Lipinski definition) is 3. The summed E-state index contributed by atoms with van der Waals surface area (Å²) in [6.07, 6.45) is 9.33. The highest BCUT2D eigenvalue weighted by atomic mass is 16.4. The van der Waals surface area contributed by atoms with Gasteiger partial charge in [-0.1, -0.05) is 32.1 Å². The van der Waals surface area contributed by atoms with Crippen molar-refractivity contribution >= 4 is 12.0 Å². The molecule has 0 aromatic rings. The van der Waals surface area contributed by atoms with Crippen molar-refractivity contribution in [1.29, 1.82) is 0 Å². The van der Waals surface area contributed by atoms with Crippen LogP contribution >= 0.6 is 0 Å². The summed E-state index contributed by atoms with van der Waals surface area (Å²) in [7, 11) is 0. The van der Waals surface area contributed by atoms with Crippen LogP contribution in [0.2, 0.25) is 0 Å². The monoisotopic (exact) mass is 296 g/mol. The molecule has 120 valence electrons. The fourth-order valence-corrected chi connectivity index (χ4v) is 3.78. The van der Waals surface area contributed by atoms with E-state index in [2.05, 4.69) is 17.6 Å². The molecule has 21 heavy (non-hydrogen) atoms. The van der Waals surface area contributed by atoms with E-state index in [4.69, 9.17) is 0 Å². The summed E-state index contributed by atoms with van der Waals surface area (Å²) in [5, 5.41) is 15.2. The molecule has 2 fully saturated rings. The second-order valence-corrected chi connectivity index (χ2v) is 6.95. The maximum absolute atomic E-state index is 12.1. The fourth-order valence-electron chi connectivity index (χ4n) is 3.78. The highest BCUT2D eigenvalue weighted by Crippen LogP contribution is 2.30. The molecule has 2 saturated carbocycles. The predicted octanol–water partition coefficient (Wildman–Crippen LogP) is 2.90. The van der Waals surface area contributed by atoms with Crippen LogP contribution in [0.3, 0.4) is 0 Å². The highest BCUT2D eigenvalue weighted by molar-refractivity contribution is 5.75. The Bertz CT molecular complexity index is 378. The lowest BCUT2D eigenvalue weighted by atomic mass is 9.79. The number of rotatable bonds is 4. The molecule has 3 N–H and O–H groups in total. The molecule has 2 unspecified atom stereocenters. The van der Waals surface area contributed by atoms with Crippen LogP contribution < -0.4 is 10.6 Å². The zero-order valence-electron chi connectivity index (χ0n) is 13.0. The molecule has 0 heterocycles. The summed E-state index contributed by atoms with van der Waals surface area (Å²) in [6.45, 7) is 2.57. The third kappa shape index (κ3) is 4.61. The quantitative estimate of drug-likeness (QED) is 0.746. The van der Waals surface area contributed by atoms with E-state index in [1.807, 2.05) is 0 Å². The molecule has 2 aliphatic carbocycles. The first kappa shape index (κ1) is 16.1. The molecule has 2 rings (SSSR count). The standard InChI is InChI=1S/C16H28N2O3/c1-16(9-5-2-6-10-16)18-15(21)17-11-12-7-3-4-8-13(12)14(19)20/h12-13H,2-11H2,1H3,(H,19,20)(H2,17,18,21). The number of carboxylic acids is 1. The molecule has 0 aromatic heterocycles. The van der Waals surface area contributed by atoms with Crippen molar-refractivity contribution in [3.05, 3.63) is 0 Å². The number of hydrogen-bond acceptors (Lipinski definition) is 2. The highest BCUT2D eigenvalue weighted by Gasteiger charge is 2.32. The van der Waals surface area contributed by atoms with E-state index in [1.54, 1.807) is 0 Å². The second kappa shape index (κ2) is 7.14. The van der Waals surface area contributed by atoms with E-state index in [0.717, 1.165) is 38.5 Å². The van der Waals surface area contributed by atoms with Gasteiger partial charge in [0.25, 0.3) is 0 Å². The number of carbonyl (C=O) groups is 2. The maximum atomic E-state index is 12.1. The first-order valence-electron chi connectivity index (χ1n) is 8.29. The van der Waals surface area contributed by atoms with Crippen molar-refractivity contribution in [3.63, 3.8) is 0 Å². The molecule has 0 bridgehead atoms. The summed E-state index contributed by atoms with van der Waals surface area (Å²) < 4.78 is 0. The summed E-state index contributed by atoms with van der Waals surface area (Å²) in [4.78, 5) is 23.3. The second-order valence-electron chi connectivity index (χ2n) is 6.95. The van der Waals surface area contributed by atoms with Crippen LogP contribution in [-0.2, 0) is 4.79 Å². The van der Waals surface area contributed by atoms with Crippen LogP contribution in [0.25, 0.3) is 0 Å². The third-order valence-electron chi connectivity index (χ3n) is 5.12. The third-order valence-corrected chi connectivity index (χ3v) is 5.12. The van der Waals surface area contributed by atoms with Gasteiger partial charge in [-0.2, -0.15) is 0 Å². The Morgan fingerprint density at radius 3 is 2.43 bits per heavy atom. The largest absolute Gasteiger partial charge is 0.481 e. The van der Waals surface area contributed by atoms with Crippen LogP contribution in [0.5, 0.6) is 0 Å². The van der Waals surface area contributed by atoms with Gasteiger partial charge >= 0.3 is 12.0 Å². The van der Waals surface area contributed by atoms with Gasteiger partial charge in [-0.05, 0) is 38.5 Å². The van der Waals surface area contributed by atoms with Crippen molar-refractivity contribution in [2.45, 2.75) is 70.3 Å². The Balaban J connectivity index is 1.78. The predicted molar refractivity (Wildman–Crippen MR) is 81.1 cm³/mol. The summed E-state index contributed by atoms with van der Waals surface area (Å²) in [6, 6.07) is -0.144. The zero-order chi connectivity index (χ0) is 15.3. The van der Waals surface area contributed by atoms with Crippen LogP contribution in [0.4, 0.5) is 4.79 Å². The molecule has 0 saturated heterocycles. The van der Waals surface area contributed by atoms with Gasteiger partial charge in [0.1, 0.15) is 0 Å². The lowest BCUT2D eigenvalue weighted by Crippen LogP contribution is -2.52. The minimum absolute atomic E-state index is 0.0705. The molecule has 2 amide bonds. The average molecular weight is 296 g/mol. The van der Waals surface area contributed by atoms with Crippen molar-refractivity contribution < 1.29 is 14.7 Å². The van der Waals surface area contributed by atoms with Crippen molar-refractivity contribution in [1.82, 2.24) is 10.6 Å². The Kier molecular flexibility index (Phi) is 5.48. The van der Waals surface area contributed by atoms with Gasteiger partial charge in [-0.25, -0.2) is 4.79 Å². The van der Waals surface area contributed by atoms with E-state index < -0.39 is 5.97 Å². The fraction of sp³-hybridized carbons (Fsp3) is 0.875. The van der Waals surface area contributed by atoms with Crippen molar-refractivity contribution in [3.8, 4) is 0 Å². The Morgan fingerprint density at radius 1 is 1.10 bits per heavy atom. The molecule has 5 nitrogen and oxygen atoms in total. The summed E-state index contributed by atoms with van der Waals surface area (Å²) in [5.74, 6) is -0.952. The SMILES string of the molecule is CC1(NC(=O)NCC2CCCCC2C(=O)O)CCCCC1. The van der Waals surface area contributed by atoms with Crippen LogP contribution in [0, 0.1) is 11.8 Å². The van der Waals surface area contributed by atoms with E-state index in [1.165, 1.54) is 19.3 Å². The maximum Gasteiger partial charge on any atom is 0.315 e. The minimum atomic E-state index is -0.721. The molecular formula is C16H28N2O3. The van der Waals surface area contributed by atoms with Crippen LogP contribution in [-0.4, -0.2) is 29.2 Å². The number of aliphatic carboxylic acids is 1. The number of carboxylic acid groups (broad SMARTS) is 1. The van der Waals surface area contributed by atoms with E-state index in [9.17, 15) is 14.7 Å². The van der Waals surface area contributed by atoms with Gasteiger partial charge < -0.3 is 15.7 Å². The number of urea groups is 1. The Hall–Kier alpha value is -1.26. The lowest BCUT2D eigenvalue weighted by Gasteiger charge is -2.35. The minimum Gasteiger partial charge on any atom is -0.481 e. The summed E-state index contributed by atoms with van der Waals surface area (Å²) >= 11 is 0. The number of nitrogens with one attached hydrogen (secondary N) is 2. The smallest absolute Gasteiger partial charge is 0.315 e. The van der Waals surface area contributed by atoms with Gasteiger partial charge in [0.15, 0.2) is 0 Å². The van der Waals surface area contributed by atoms with E-state index in [-0.39, 0.29) is 23.4 Å². The molecule has 0 radical (unpaired) electrons. The van der Waals surface area contributed by atoms with Gasteiger partial charge in [0, 0.05) is 12.1 Å². The lowest BCUT2D eigenvalue weighted by molar-refractivity contribution is -0.144. The molecule has 0 aliphatic heterocycles. The van der Waals surface area contributed by atoms with E-state index >= 15 is 0 Å². The van der Waals surface area contributed by atoms with Gasteiger partial charge in [-0.3, -0.25) is 4.79 Å². The van der Waals surface area contributed by atoms with Crippen LogP contribution in [0.1, 0.15) is 64.7 Å². The molecule has 0 aromatic carbocycles. The van der Waals surface area contributed by atoms with Crippen molar-refractivity contribution in [2.75, 3.05) is 6.54 Å². The molecular weight excluding hydrogens is 268 g/mol. The molecule has 0 spiro atoms. The molecule has 5 heteroatoms. The summed E-state index contributed by atoms with van der Waals surface area (Å²) in [5.41, 5.74) is -0.0961. The van der Waals surface area contributed by atoms with Gasteiger partial charge in [0.2, 0.25) is 0 Å². The number of carbonyl (C=O) groups excluding carboxylic acids is 1. The van der Waals surface area contributed by atoms with E-state index in [0.29, 0.717) is 6.54 Å². The normalized spacial score (nSPS) is 28.6. The number of amides is 2. The van der Waals surface area contributed by atoms with Gasteiger partial charge in [0.05, 0.1) is 5.92 Å². The first-order valence-corrected chi connectivity index (χ1v) is 8.29. The topological polar surface area (TPSA) is 78.4 Å². The van der Waals surface area contributed by atoms with Crippen LogP contribution in [0.15, 0.2) is 0 Å².